The van der Waals surface area contributed by atoms with Crippen LogP contribution in [0.4, 0.5) is 0 Å². The van der Waals surface area contributed by atoms with Crippen LogP contribution in [0.25, 0.3) is 6.08 Å². The Kier molecular flexibility index (Phi) is 6.83. The molecule has 0 saturated heterocycles. The molecule has 0 saturated carbocycles. The zero-order valence-corrected chi connectivity index (χ0v) is 17.7. The highest BCUT2D eigenvalue weighted by Crippen LogP contribution is 2.27. The number of ether oxygens (including phenoxy) is 1. The molecule has 0 fully saturated rings. The van der Waals surface area contributed by atoms with Crippen molar-refractivity contribution in [3.8, 4) is 5.75 Å². The van der Waals surface area contributed by atoms with Crippen LogP contribution in [-0.4, -0.2) is 17.1 Å². The van der Waals surface area contributed by atoms with Gasteiger partial charge in [0.05, 0.1) is 12.8 Å². The quantitative estimate of drug-likeness (QED) is 0.398. The van der Waals surface area contributed by atoms with Gasteiger partial charge in [0, 0.05) is 22.0 Å². The van der Waals surface area contributed by atoms with Crippen LogP contribution in [0, 0.1) is 6.92 Å². The van der Waals surface area contributed by atoms with Crippen molar-refractivity contribution in [1.29, 1.82) is 0 Å². The molecule has 0 unspecified atom stereocenters. The smallest absolute Gasteiger partial charge is 0.254 e. The van der Waals surface area contributed by atoms with Crippen LogP contribution >= 0.6 is 35.0 Å². The molecule has 1 aromatic heterocycles. The molecule has 3 aromatic rings. The Balaban J connectivity index is 1.81. The van der Waals surface area contributed by atoms with Crippen LogP contribution in [0.5, 0.6) is 5.75 Å². The summed E-state index contributed by atoms with van der Waals surface area (Å²) in [5.74, 6) is 0.803. The monoisotopic (exact) mass is 432 g/mol. The minimum atomic E-state index is -0.173. The van der Waals surface area contributed by atoms with E-state index in [2.05, 4.69) is 9.97 Å². The lowest BCUT2D eigenvalue weighted by Gasteiger charge is -2.09. The second-order valence-corrected chi connectivity index (χ2v) is 7.72. The van der Waals surface area contributed by atoms with E-state index >= 15 is 0 Å². The first-order chi connectivity index (χ1) is 13.5. The van der Waals surface area contributed by atoms with E-state index in [1.165, 1.54) is 11.8 Å². The van der Waals surface area contributed by atoms with Gasteiger partial charge in [0.15, 0.2) is 5.16 Å². The molecule has 3 rings (SSSR count). The number of halogens is 2. The average molecular weight is 433 g/mol. The molecule has 0 aliphatic carbocycles. The Morgan fingerprint density at radius 3 is 2.46 bits per heavy atom. The lowest BCUT2D eigenvalue weighted by molar-refractivity contribution is 0.415. The summed E-state index contributed by atoms with van der Waals surface area (Å²) in [6.45, 7) is 1.74. The van der Waals surface area contributed by atoms with Gasteiger partial charge in [0.1, 0.15) is 5.75 Å². The minimum Gasteiger partial charge on any atom is -0.497 e. The van der Waals surface area contributed by atoms with Gasteiger partial charge in [-0.25, -0.2) is 4.98 Å². The van der Waals surface area contributed by atoms with Gasteiger partial charge in [0.2, 0.25) is 0 Å². The third-order valence-electron chi connectivity index (χ3n) is 4.19. The number of nitrogens with zero attached hydrogens (tertiary/aromatic N) is 1. The molecule has 0 amide bonds. The van der Waals surface area contributed by atoms with E-state index in [1.807, 2.05) is 35.7 Å². The molecule has 7 heteroatoms. The third kappa shape index (κ3) is 4.98. The van der Waals surface area contributed by atoms with Gasteiger partial charge in [-0.2, -0.15) is 0 Å². The fourth-order valence-electron chi connectivity index (χ4n) is 2.54. The molecule has 144 valence electrons. The molecule has 4 nitrogen and oxygen atoms in total. The van der Waals surface area contributed by atoms with Crippen LogP contribution in [0.3, 0.4) is 0 Å². The van der Waals surface area contributed by atoms with Gasteiger partial charge in [0.25, 0.3) is 5.56 Å². The summed E-state index contributed by atoms with van der Waals surface area (Å²) in [6.07, 6.45) is 2.33. The Labute approximate surface area is 177 Å². The number of thioether (sulfide) groups is 1. The summed E-state index contributed by atoms with van der Waals surface area (Å²) in [6, 6.07) is 13.0. The fourth-order valence-corrected chi connectivity index (χ4v) is 3.74. The van der Waals surface area contributed by atoms with Gasteiger partial charge in [-0.05, 0) is 53.8 Å². The lowest BCUT2D eigenvalue weighted by Crippen LogP contribution is -2.16. The number of rotatable bonds is 6. The minimum absolute atomic E-state index is 0.173. The van der Waals surface area contributed by atoms with Crippen molar-refractivity contribution in [2.45, 2.75) is 18.5 Å². The number of nitrogens with one attached hydrogen (secondary N) is 1. The molecular formula is C21H18Cl2N2O2S. The molecule has 0 aliphatic heterocycles. The number of aromatic nitrogens is 2. The van der Waals surface area contributed by atoms with Crippen molar-refractivity contribution < 1.29 is 4.74 Å². The van der Waals surface area contributed by atoms with Gasteiger partial charge in [-0.1, -0.05) is 53.2 Å². The lowest BCUT2D eigenvalue weighted by atomic mass is 10.1. The number of hydrogen-bond acceptors (Lipinski definition) is 4. The predicted molar refractivity (Wildman–Crippen MR) is 117 cm³/mol. The first-order valence-corrected chi connectivity index (χ1v) is 10.1. The zero-order chi connectivity index (χ0) is 20.1. The van der Waals surface area contributed by atoms with E-state index in [9.17, 15) is 4.79 Å². The standard InChI is InChI=1S/C21H18Cl2N2O2S/c1-13-19(12-16-17(22)4-3-5-18(16)23)24-21(25-20(13)26)28-11-10-14-6-8-15(27-2)9-7-14/h3-11H,12H2,1-2H3,(H,24,25,26)/b11-10+. The summed E-state index contributed by atoms with van der Waals surface area (Å²) in [5, 5.41) is 3.51. The first kappa shape index (κ1) is 20.5. The zero-order valence-electron chi connectivity index (χ0n) is 15.3. The Morgan fingerprint density at radius 1 is 1.14 bits per heavy atom. The number of methoxy groups -OCH3 is 1. The fraction of sp³-hybridized carbons (Fsp3) is 0.143. The first-order valence-electron chi connectivity index (χ1n) is 8.48. The van der Waals surface area contributed by atoms with Crippen LogP contribution in [0.1, 0.15) is 22.4 Å². The number of hydrogen-bond donors (Lipinski definition) is 1. The Bertz CT molecular complexity index is 1040. The van der Waals surface area contributed by atoms with E-state index in [0.29, 0.717) is 32.9 Å². The van der Waals surface area contributed by atoms with Gasteiger partial charge < -0.3 is 9.72 Å². The highest BCUT2D eigenvalue weighted by Gasteiger charge is 2.12. The van der Waals surface area contributed by atoms with E-state index in [-0.39, 0.29) is 5.56 Å². The van der Waals surface area contributed by atoms with Crippen molar-refractivity contribution in [3.63, 3.8) is 0 Å². The molecule has 28 heavy (non-hydrogen) atoms. The predicted octanol–water partition coefficient (Wildman–Crippen LogP) is 5.75. The van der Waals surface area contributed by atoms with Crippen molar-refractivity contribution in [3.05, 3.63) is 90.7 Å². The van der Waals surface area contributed by atoms with E-state index in [4.69, 9.17) is 27.9 Å². The van der Waals surface area contributed by atoms with Crippen LogP contribution in [0.2, 0.25) is 10.0 Å². The van der Waals surface area contributed by atoms with E-state index in [0.717, 1.165) is 16.9 Å². The maximum atomic E-state index is 12.3. The normalized spacial score (nSPS) is 11.1. The van der Waals surface area contributed by atoms with Crippen molar-refractivity contribution in [2.75, 3.05) is 7.11 Å². The number of benzene rings is 2. The highest BCUT2D eigenvalue weighted by atomic mass is 35.5. The summed E-state index contributed by atoms with van der Waals surface area (Å²) in [7, 11) is 1.63. The van der Waals surface area contributed by atoms with Crippen molar-refractivity contribution in [2.24, 2.45) is 0 Å². The summed E-state index contributed by atoms with van der Waals surface area (Å²) < 4.78 is 5.15. The number of aromatic amines is 1. The Morgan fingerprint density at radius 2 is 1.82 bits per heavy atom. The van der Waals surface area contributed by atoms with Gasteiger partial charge in [-0.3, -0.25) is 4.79 Å². The SMILES string of the molecule is COc1ccc(/C=C/Sc2nc(Cc3c(Cl)cccc3Cl)c(C)c(=O)[nH]2)cc1. The molecule has 0 bridgehead atoms. The third-order valence-corrected chi connectivity index (χ3v) is 5.59. The average Bonchev–Trinajstić information content (AvgIpc) is 2.69. The molecule has 0 radical (unpaired) electrons. The summed E-state index contributed by atoms with van der Waals surface area (Å²) >= 11 is 13.9. The molecule has 0 aliphatic rings. The highest BCUT2D eigenvalue weighted by molar-refractivity contribution is 8.02. The molecular weight excluding hydrogens is 415 g/mol. The van der Waals surface area contributed by atoms with Crippen molar-refractivity contribution in [1.82, 2.24) is 9.97 Å². The second kappa shape index (κ2) is 9.32. The van der Waals surface area contributed by atoms with Gasteiger partial charge >= 0.3 is 0 Å². The van der Waals surface area contributed by atoms with E-state index < -0.39 is 0 Å². The van der Waals surface area contributed by atoms with Crippen LogP contribution < -0.4 is 10.3 Å². The van der Waals surface area contributed by atoms with Crippen LogP contribution in [0.15, 0.2) is 57.8 Å². The molecule has 1 N–H and O–H groups in total. The largest absolute Gasteiger partial charge is 0.497 e. The Hall–Kier alpha value is -2.21. The summed E-state index contributed by atoms with van der Waals surface area (Å²) in [5.41, 5.74) is 2.81. The summed E-state index contributed by atoms with van der Waals surface area (Å²) in [4.78, 5) is 19.7. The maximum Gasteiger partial charge on any atom is 0.254 e. The molecule has 0 spiro atoms. The number of H-pyrrole nitrogens is 1. The molecule has 1 heterocycles. The van der Waals surface area contributed by atoms with Crippen LogP contribution in [-0.2, 0) is 6.42 Å². The molecule has 0 atom stereocenters. The maximum absolute atomic E-state index is 12.3. The van der Waals surface area contributed by atoms with E-state index in [1.54, 1.807) is 32.2 Å². The van der Waals surface area contributed by atoms with Crippen molar-refractivity contribution >= 4 is 41.0 Å². The second-order valence-electron chi connectivity index (χ2n) is 6.01. The molecule has 2 aromatic carbocycles. The van der Waals surface area contributed by atoms with Gasteiger partial charge in [-0.15, -0.1) is 0 Å². The topological polar surface area (TPSA) is 55.0 Å².